The van der Waals surface area contributed by atoms with Crippen molar-refractivity contribution in [2.45, 2.75) is 51.8 Å². The fourth-order valence-electron chi connectivity index (χ4n) is 3.64. The Labute approximate surface area is 181 Å². The monoisotopic (exact) mass is 431 g/mol. The first-order valence-electron chi connectivity index (χ1n) is 10.6. The molecule has 0 aliphatic heterocycles. The van der Waals surface area contributed by atoms with E-state index >= 15 is 0 Å². The molecule has 3 nitrogen and oxygen atoms in total. The van der Waals surface area contributed by atoms with Crippen LogP contribution in [-0.4, -0.2) is 12.3 Å². The number of hydrogen-bond donors (Lipinski definition) is 0. The van der Waals surface area contributed by atoms with Gasteiger partial charge in [-0.15, -0.1) is 0 Å². The molecule has 2 aromatic carbocycles. The maximum Gasteiger partial charge on any atom is 0.416 e. The van der Waals surface area contributed by atoms with Gasteiger partial charge in [0.05, 0.1) is 11.3 Å². The molecule has 0 heterocycles. The van der Waals surface area contributed by atoms with Crippen molar-refractivity contribution in [3.8, 4) is 5.75 Å². The van der Waals surface area contributed by atoms with Crippen LogP contribution >= 0.6 is 0 Å². The van der Waals surface area contributed by atoms with Crippen molar-refractivity contribution in [2.75, 3.05) is 6.61 Å². The molecule has 0 aromatic heterocycles. The highest BCUT2D eigenvalue weighted by molar-refractivity contribution is 5.98. The second-order valence-corrected chi connectivity index (χ2v) is 7.95. The molecule has 1 fully saturated rings. The maximum atomic E-state index is 12.6. The summed E-state index contributed by atoms with van der Waals surface area (Å²) in [5, 5.41) is 4.07. The molecule has 0 unspecified atom stereocenters. The lowest BCUT2D eigenvalue weighted by Crippen LogP contribution is -2.13. The van der Waals surface area contributed by atoms with E-state index in [2.05, 4.69) is 11.7 Å². The third kappa shape index (κ3) is 6.88. The number of alkyl halides is 3. The lowest BCUT2D eigenvalue weighted by atomic mass is 9.85. The topological polar surface area (TPSA) is 30.8 Å². The van der Waals surface area contributed by atoms with Gasteiger partial charge in [0.2, 0.25) is 0 Å². The van der Waals surface area contributed by atoms with E-state index in [9.17, 15) is 13.2 Å². The standard InChI is InChI=1S/C25H28F3NO2/c1-18(21-6-4-3-5-7-21)16-30-24-14-10-22(11-15-24)19(2)29-31-17-20-8-12-23(13-9-20)25(26,27)28/h8-15,21H,1,3-7,16-17H2,2H3/b29-19+. The van der Waals surface area contributed by atoms with E-state index in [4.69, 9.17) is 9.57 Å². The summed E-state index contributed by atoms with van der Waals surface area (Å²) in [5.74, 6) is 1.35. The molecule has 1 saturated carbocycles. The number of benzene rings is 2. The van der Waals surface area contributed by atoms with Crippen LogP contribution in [0.15, 0.2) is 65.8 Å². The SMILES string of the molecule is C=C(COc1ccc(/C(C)=N/OCc2ccc(C(F)(F)F)cc2)cc1)C1CCCCC1. The van der Waals surface area contributed by atoms with Crippen LogP contribution in [0.25, 0.3) is 0 Å². The van der Waals surface area contributed by atoms with Gasteiger partial charge in [0.15, 0.2) is 0 Å². The van der Waals surface area contributed by atoms with Crippen molar-refractivity contribution in [3.05, 3.63) is 77.4 Å². The Balaban J connectivity index is 1.47. The van der Waals surface area contributed by atoms with Gasteiger partial charge in [0, 0.05) is 0 Å². The van der Waals surface area contributed by atoms with Crippen LogP contribution in [0.3, 0.4) is 0 Å². The molecule has 31 heavy (non-hydrogen) atoms. The molecule has 0 amide bonds. The summed E-state index contributed by atoms with van der Waals surface area (Å²) in [4.78, 5) is 5.30. The first kappa shape index (κ1) is 22.9. The van der Waals surface area contributed by atoms with Crippen LogP contribution < -0.4 is 4.74 Å². The Morgan fingerprint density at radius 3 is 2.26 bits per heavy atom. The largest absolute Gasteiger partial charge is 0.489 e. The molecule has 2 aromatic rings. The van der Waals surface area contributed by atoms with Gasteiger partial charge in [0.1, 0.15) is 19.0 Å². The summed E-state index contributed by atoms with van der Waals surface area (Å²) in [7, 11) is 0. The molecule has 0 N–H and O–H groups in total. The predicted molar refractivity (Wildman–Crippen MR) is 116 cm³/mol. The molecular weight excluding hydrogens is 403 g/mol. The van der Waals surface area contributed by atoms with Crippen molar-refractivity contribution < 1.29 is 22.7 Å². The van der Waals surface area contributed by atoms with Crippen LogP contribution in [-0.2, 0) is 17.6 Å². The number of hydrogen-bond acceptors (Lipinski definition) is 3. The Hall–Kier alpha value is -2.76. The van der Waals surface area contributed by atoms with Crippen molar-refractivity contribution >= 4 is 5.71 Å². The Bertz CT molecular complexity index is 880. The quantitative estimate of drug-likeness (QED) is 0.252. The van der Waals surface area contributed by atoms with E-state index in [-0.39, 0.29) is 6.61 Å². The van der Waals surface area contributed by atoms with E-state index in [1.54, 1.807) is 0 Å². The van der Waals surface area contributed by atoms with Crippen molar-refractivity contribution in [3.63, 3.8) is 0 Å². The lowest BCUT2D eigenvalue weighted by Gasteiger charge is -2.23. The van der Waals surface area contributed by atoms with Crippen LogP contribution in [0, 0.1) is 5.92 Å². The summed E-state index contributed by atoms with van der Waals surface area (Å²) in [6.45, 7) is 6.64. The summed E-state index contributed by atoms with van der Waals surface area (Å²) < 4.78 is 43.7. The molecule has 0 radical (unpaired) electrons. The van der Waals surface area contributed by atoms with Crippen LogP contribution in [0.1, 0.15) is 55.7 Å². The average Bonchev–Trinajstić information content (AvgIpc) is 2.78. The fourth-order valence-corrected chi connectivity index (χ4v) is 3.64. The van der Waals surface area contributed by atoms with Crippen LogP contribution in [0.2, 0.25) is 0 Å². The number of ether oxygens (including phenoxy) is 1. The summed E-state index contributed by atoms with van der Waals surface area (Å²) in [5.41, 5.74) is 2.65. The Morgan fingerprint density at radius 1 is 1.00 bits per heavy atom. The summed E-state index contributed by atoms with van der Waals surface area (Å²) in [6.07, 6.45) is 1.95. The first-order chi connectivity index (χ1) is 14.8. The van der Waals surface area contributed by atoms with Crippen molar-refractivity contribution in [2.24, 2.45) is 11.1 Å². The fraction of sp³-hybridized carbons (Fsp3) is 0.400. The number of nitrogens with zero attached hydrogens (tertiary/aromatic N) is 1. The predicted octanol–water partition coefficient (Wildman–Crippen LogP) is 7.16. The molecular formula is C25H28F3NO2. The number of halogens is 3. The normalized spacial score (nSPS) is 15.5. The third-order valence-corrected chi connectivity index (χ3v) is 5.59. The highest BCUT2D eigenvalue weighted by Crippen LogP contribution is 2.30. The van der Waals surface area contributed by atoms with Gasteiger partial charge in [-0.25, -0.2) is 0 Å². The van der Waals surface area contributed by atoms with E-state index < -0.39 is 11.7 Å². The molecule has 0 saturated heterocycles. The van der Waals surface area contributed by atoms with Crippen LogP contribution in [0.4, 0.5) is 13.2 Å². The average molecular weight is 431 g/mol. The second kappa shape index (κ2) is 10.5. The van der Waals surface area contributed by atoms with Gasteiger partial charge in [-0.1, -0.05) is 43.1 Å². The molecule has 1 aliphatic carbocycles. The zero-order chi connectivity index (χ0) is 22.3. The zero-order valence-corrected chi connectivity index (χ0v) is 17.8. The molecule has 166 valence electrons. The van der Waals surface area contributed by atoms with E-state index in [0.29, 0.717) is 23.8 Å². The van der Waals surface area contributed by atoms with E-state index in [1.807, 2.05) is 31.2 Å². The van der Waals surface area contributed by atoms with Crippen LogP contribution in [0.5, 0.6) is 5.75 Å². The van der Waals surface area contributed by atoms with Gasteiger partial charge in [-0.05, 0) is 78.8 Å². The first-order valence-corrected chi connectivity index (χ1v) is 10.6. The zero-order valence-electron chi connectivity index (χ0n) is 17.8. The molecule has 1 aliphatic rings. The lowest BCUT2D eigenvalue weighted by molar-refractivity contribution is -0.137. The van der Waals surface area contributed by atoms with E-state index in [1.165, 1.54) is 44.2 Å². The van der Waals surface area contributed by atoms with Crippen molar-refractivity contribution in [1.29, 1.82) is 0 Å². The molecule has 0 spiro atoms. The summed E-state index contributed by atoms with van der Waals surface area (Å²) >= 11 is 0. The second-order valence-electron chi connectivity index (χ2n) is 7.95. The Morgan fingerprint density at radius 2 is 1.65 bits per heavy atom. The minimum atomic E-state index is -4.34. The van der Waals surface area contributed by atoms with Gasteiger partial charge in [-0.3, -0.25) is 0 Å². The minimum Gasteiger partial charge on any atom is -0.489 e. The smallest absolute Gasteiger partial charge is 0.416 e. The van der Waals surface area contributed by atoms with Gasteiger partial charge in [0.25, 0.3) is 0 Å². The maximum absolute atomic E-state index is 12.6. The minimum absolute atomic E-state index is 0.0972. The highest BCUT2D eigenvalue weighted by Gasteiger charge is 2.29. The molecule has 0 atom stereocenters. The molecule has 3 rings (SSSR count). The molecule has 0 bridgehead atoms. The van der Waals surface area contributed by atoms with Gasteiger partial charge in [-0.2, -0.15) is 13.2 Å². The van der Waals surface area contributed by atoms with Gasteiger partial charge >= 0.3 is 6.18 Å². The van der Waals surface area contributed by atoms with E-state index in [0.717, 1.165) is 29.0 Å². The third-order valence-electron chi connectivity index (χ3n) is 5.59. The van der Waals surface area contributed by atoms with Gasteiger partial charge < -0.3 is 9.57 Å². The number of rotatable bonds is 8. The Kier molecular flexibility index (Phi) is 7.77. The highest BCUT2D eigenvalue weighted by atomic mass is 19.4. The summed E-state index contributed by atoms with van der Waals surface area (Å²) in [6, 6.07) is 12.4. The van der Waals surface area contributed by atoms with Crippen molar-refractivity contribution in [1.82, 2.24) is 0 Å². The molecule has 6 heteroatoms. The number of oxime groups is 1.